The van der Waals surface area contributed by atoms with Gasteiger partial charge in [-0.1, -0.05) is 77.4 Å². The highest BCUT2D eigenvalue weighted by Crippen LogP contribution is 2.49. The van der Waals surface area contributed by atoms with Crippen LogP contribution in [0.4, 0.5) is 0 Å². The monoisotopic (exact) mass is 864 g/mol. The maximum atomic E-state index is 13.2. The van der Waals surface area contributed by atoms with Gasteiger partial charge in [0, 0.05) is 80.7 Å². The van der Waals surface area contributed by atoms with Gasteiger partial charge >= 0.3 is 7.60 Å². The minimum absolute atomic E-state index is 0.175. The van der Waals surface area contributed by atoms with Gasteiger partial charge in [0.05, 0.1) is 6.16 Å². The first-order chi connectivity index (χ1) is 30.6. The molecule has 0 spiro atoms. The van der Waals surface area contributed by atoms with Crippen molar-refractivity contribution >= 4 is 29.9 Å². The molecule has 0 atom stereocenters. The second-order valence-electron chi connectivity index (χ2n) is 17.8. The lowest BCUT2D eigenvalue weighted by Crippen LogP contribution is -2.20. The quantitative estimate of drug-likeness (QED) is 0.115. The molecule has 0 fully saturated rings. The van der Waals surface area contributed by atoms with Crippen molar-refractivity contribution in [2.75, 3.05) is 14.2 Å². The van der Waals surface area contributed by atoms with Crippen molar-refractivity contribution in [3.05, 3.63) is 231 Å². The van der Waals surface area contributed by atoms with Gasteiger partial charge in [-0.05, 0) is 172 Å². The van der Waals surface area contributed by atoms with Gasteiger partial charge in [0.15, 0.2) is 0 Å². The van der Waals surface area contributed by atoms with E-state index in [2.05, 4.69) is 179 Å². The minimum Gasteiger partial charge on any atom is -0.354 e. The highest BCUT2D eigenvalue weighted by molar-refractivity contribution is 7.52. The van der Waals surface area contributed by atoms with Crippen LogP contribution in [-0.2, 0) is 19.8 Å². The zero-order chi connectivity index (χ0) is 45.2. The number of aromatic amines is 4. The molecule has 324 valence electrons. The van der Waals surface area contributed by atoms with Crippen molar-refractivity contribution in [2.24, 2.45) is 0 Å². The molecule has 8 bridgehead atoms. The van der Waals surface area contributed by atoms with E-state index in [1.54, 1.807) is 0 Å². The van der Waals surface area contributed by atoms with Gasteiger partial charge in [0.1, 0.15) is 0 Å². The van der Waals surface area contributed by atoms with Crippen molar-refractivity contribution in [3.63, 3.8) is 0 Å². The first kappa shape index (κ1) is 42.9. The topological polar surface area (TPSA) is 98.7 Å². The lowest BCUT2D eigenvalue weighted by Gasteiger charge is -2.16. The highest BCUT2D eigenvalue weighted by atomic mass is 31.2. The summed E-state index contributed by atoms with van der Waals surface area (Å²) in [5, 5.41) is 4.00. The van der Waals surface area contributed by atoms with Gasteiger partial charge in [-0.3, -0.25) is 4.57 Å². The molecule has 0 aliphatic carbocycles. The van der Waals surface area contributed by atoms with E-state index in [4.69, 9.17) is 9.05 Å². The third-order valence-corrected chi connectivity index (χ3v) is 14.7. The summed E-state index contributed by atoms with van der Waals surface area (Å²) in [6.45, 7) is 19.8. The third-order valence-electron chi connectivity index (χ3n) is 12.9. The molecule has 0 unspecified atom stereocenters. The summed E-state index contributed by atoms with van der Waals surface area (Å²) in [7, 11) is -0.403. The van der Waals surface area contributed by atoms with Crippen molar-refractivity contribution < 1.29 is 13.6 Å². The fourth-order valence-corrected chi connectivity index (χ4v) is 11.4. The normalized spacial score (nSPS) is 13.0. The predicted molar refractivity (Wildman–Crippen MR) is 262 cm³/mol. The van der Waals surface area contributed by atoms with E-state index in [0.29, 0.717) is 0 Å². The lowest BCUT2D eigenvalue weighted by atomic mass is 9.91. The van der Waals surface area contributed by atoms with Crippen molar-refractivity contribution in [2.45, 2.75) is 68.5 Å². The van der Waals surface area contributed by atoms with Crippen molar-refractivity contribution in [1.82, 2.24) is 19.9 Å². The number of benzene rings is 4. The van der Waals surface area contributed by atoms with Gasteiger partial charge < -0.3 is 29.0 Å². The van der Waals surface area contributed by atoms with E-state index in [0.717, 1.165) is 77.6 Å². The third kappa shape index (κ3) is 7.72. The largest absolute Gasteiger partial charge is 0.354 e. The van der Waals surface area contributed by atoms with E-state index in [1.807, 2.05) is 12.1 Å². The molecule has 0 radical (unpaired) electrons. The fourth-order valence-electron chi connectivity index (χ4n) is 10.4. The summed E-state index contributed by atoms with van der Waals surface area (Å²) in [6, 6.07) is 39.6. The zero-order valence-electron chi connectivity index (χ0n) is 38.8. The minimum atomic E-state index is -3.26. The SMILES string of the molecule is COP(=O)(Cc1ccc(C2=c3ccc([nH]3)=C(c3c(C)cc(C)cc3C)c3ccc([nH]3)C(c3c(C)cc(C)cc3C)=c3ccc([nH]3)=C(c3c(C)cc(C)cc3C)c3ccc2[nH]3)cc1)OC. The predicted octanol–water partition coefficient (Wildman–Crippen LogP) is 10.1. The van der Waals surface area contributed by atoms with Gasteiger partial charge in [-0.25, -0.2) is 0 Å². The summed E-state index contributed by atoms with van der Waals surface area (Å²) < 4.78 is 23.8. The molecule has 4 N–H and O–H groups in total. The Morgan fingerprint density at radius 1 is 0.391 bits per heavy atom. The Labute approximate surface area is 375 Å². The van der Waals surface area contributed by atoms with Crippen LogP contribution in [0.3, 0.4) is 0 Å². The molecule has 4 aromatic heterocycles. The van der Waals surface area contributed by atoms with Crippen molar-refractivity contribution in [3.8, 4) is 0 Å². The molecular weight excluding hydrogens is 808 g/mol. The first-order valence-corrected chi connectivity index (χ1v) is 23.7. The Morgan fingerprint density at radius 3 is 1.00 bits per heavy atom. The molecule has 0 saturated heterocycles. The number of rotatable bonds is 8. The average Bonchev–Trinajstić information content (AvgIpc) is 4.09. The standard InChI is InChI=1S/C56H57N4O3P/c1-31-24-34(4)50(35(5)25-31)54-44-18-16-42(57-44)53(41-14-12-40(13-15-41)30-64(61,62-10)63-11)43-17-19-45(58-43)55(51-36(6)26-32(2)27-37(51)7)47-21-23-49(60-47)56(48-22-20-46(54)59-48)52-38(8)28-33(3)29-39(52)9/h12-29,57-60H,30H2,1-11H3. The highest BCUT2D eigenvalue weighted by Gasteiger charge is 2.24. The van der Waals surface area contributed by atoms with Crippen molar-refractivity contribution in [1.29, 1.82) is 0 Å². The van der Waals surface area contributed by atoms with E-state index in [9.17, 15) is 4.57 Å². The van der Waals surface area contributed by atoms with Crippen LogP contribution in [0.15, 0.2) is 109 Å². The van der Waals surface area contributed by atoms with Crippen LogP contribution in [0.5, 0.6) is 0 Å². The summed E-state index contributed by atoms with van der Waals surface area (Å²) in [4.78, 5) is 15.9. The summed E-state index contributed by atoms with van der Waals surface area (Å²) in [6.07, 6.45) is 0.175. The maximum Gasteiger partial charge on any atom is 0.334 e. The Bertz CT molecular complexity index is 3390. The molecule has 0 saturated carbocycles. The van der Waals surface area contributed by atoms with Crippen LogP contribution in [0, 0.1) is 62.3 Å². The average molecular weight is 865 g/mol. The second kappa shape index (κ2) is 16.6. The van der Waals surface area contributed by atoms with E-state index in [-0.39, 0.29) is 6.16 Å². The van der Waals surface area contributed by atoms with E-state index >= 15 is 0 Å². The Hall–Kier alpha value is -6.37. The van der Waals surface area contributed by atoms with Crippen LogP contribution in [-0.4, -0.2) is 34.2 Å². The molecule has 9 rings (SSSR count). The van der Waals surface area contributed by atoms with Crippen LogP contribution < -0.4 is 21.4 Å². The smallest absolute Gasteiger partial charge is 0.334 e. The molecule has 64 heavy (non-hydrogen) atoms. The summed E-state index contributed by atoms with van der Waals surface area (Å²) >= 11 is 0. The Morgan fingerprint density at radius 2 is 0.688 bits per heavy atom. The molecule has 8 heteroatoms. The molecule has 1 aliphatic heterocycles. The molecule has 8 aromatic rings. The van der Waals surface area contributed by atoms with Crippen LogP contribution in [0.2, 0.25) is 0 Å². The number of fused-ring (bicyclic) bond motifs is 8. The van der Waals surface area contributed by atoms with E-state index in [1.165, 1.54) is 81.0 Å². The number of hydrogen-bond donors (Lipinski definition) is 4. The zero-order valence-corrected chi connectivity index (χ0v) is 39.7. The number of aryl methyl sites for hydroxylation is 9. The number of aromatic nitrogens is 4. The van der Waals surface area contributed by atoms with Gasteiger partial charge in [0.2, 0.25) is 0 Å². The van der Waals surface area contributed by atoms with Gasteiger partial charge in [-0.15, -0.1) is 0 Å². The maximum absolute atomic E-state index is 13.2. The van der Waals surface area contributed by atoms with Gasteiger partial charge in [-0.2, -0.15) is 0 Å². The Balaban J connectivity index is 1.43. The second-order valence-corrected chi connectivity index (χ2v) is 20.1. The molecular formula is C56H57N4O3P. The summed E-state index contributed by atoms with van der Waals surface area (Å²) in [5.74, 6) is 0. The Kier molecular flexibility index (Phi) is 11.2. The number of hydrogen-bond acceptors (Lipinski definition) is 3. The van der Waals surface area contributed by atoms with Crippen LogP contribution >= 0.6 is 7.60 Å². The lowest BCUT2D eigenvalue weighted by molar-refractivity contribution is 0.275. The molecule has 1 aliphatic rings. The van der Waals surface area contributed by atoms with Crippen LogP contribution in [0.25, 0.3) is 22.3 Å². The molecule has 4 aromatic carbocycles. The number of nitrogens with one attached hydrogen (secondary N) is 4. The molecule has 0 amide bonds. The fraction of sp³-hybridized carbons (Fsp3) is 0.214. The first-order valence-electron chi connectivity index (χ1n) is 22.0. The molecule has 5 heterocycles. The summed E-state index contributed by atoms with van der Waals surface area (Å²) in [5.41, 5.74) is 24.8. The van der Waals surface area contributed by atoms with Gasteiger partial charge in [0.25, 0.3) is 0 Å². The van der Waals surface area contributed by atoms with E-state index < -0.39 is 7.60 Å². The number of H-pyrrole nitrogens is 4. The van der Waals surface area contributed by atoms with Crippen LogP contribution in [0.1, 0.15) is 101 Å². The molecule has 7 nitrogen and oxygen atoms in total.